The number of esters is 1. The maximum absolute atomic E-state index is 11.9. The standard InChI is InChI=1S/C25H22O4/c1-4-8-23(26)29-22-14-13-20(24(27-2)25(22)28-3)19-12-7-11-18-17-10-6-5-9-16(17)15-21(18)19/h4-14H,15H2,1-3H3. The van der Waals surface area contributed by atoms with Crippen LogP contribution in [0.5, 0.6) is 17.2 Å². The minimum atomic E-state index is -0.461. The van der Waals surface area contributed by atoms with E-state index in [1.807, 2.05) is 6.07 Å². The number of ether oxygens (including phenoxy) is 3. The molecule has 3 aromatic carbocycles. The first kappa shape index (κ1) is 18.8. The van der Waals surface area contributed by atoms with E-state index < -0.39 is 5.97 Å². The summed E-state index contributed by atoms with van der Waals surface area (Å²) in [4.78, 5) is 11.9. The van der Waals surface area contributed by atoms with Gasteiger partial charge in [-0.25, -0.2) is 4.79 Å². The largest absolute Gasteiger partial charge is 0.492 e. The van der Waals surface area contributed by atoms with Crippen LogP contribution in [0, 0.1) is 0 Å². The number of fused-ring (bicyclic) bond motifs is 3. The highest BCUT2D eigenvalue weighted by Gasteiger charge is 2.25. The van der Waals surface area contributed by atoms with E-state index in [9.17, 15) is 4.79 Å². The molecule has 0 N–H and O–H groups in total. The second-order valence-electron chi connectivity index (χ2n) is 6.76. The molecule has 4 nitrogen and oxygen atoms in total. The third kappa shape index (κ3) is 3.27. The Labute approximate surface area is 170 Å². The SMILES string of the molecule is CC=CC(=O)Oc1ccc(-c2cccc3c2Cc2ccccc2-3)c(OC)c1OC. The molecule has 0 heterocycles. The van der Waals surface area contributed by atoms with Crippen LogP contribution in [-0.2, 0) is 11.2 Å². The smallest absolute Gasteiger partial charge is 0.335 e. The van der Waals surface area contributed by atoms with Gasteiger partial charge in [-0.3, -0.25) is 0 Å². The van der Waals surface area contributed by atoms with Gasteiger partial charge in [-0.2, -0.15) is 0 Å². The first-order chi connectivity index (χ1) is 14.2. The molecular formula is C25H22O4. The Bertz CT molecular complexity index is 1110. The number of carbonyl (C=O) groups excluding carboxylic acids is 1. The molecule has 0 aromatic heterocycles. The average Bonchev–Trinajstić information content (AvgIpc) is 3.12. The molecule has 0 spiro atoms. The molecule has 4 rings (SSSR count). The number of methoxy groups -OCH3 is 2. The lowest BCUT2D eigenvalue weighted by molar-refractivity contribution is -0.129. The molecule has 29 heavy (non-hydrogen) atoms. The van der Waals surface area contributed by atoms with E-state index in [0.29, 0.717) is 17.2 Å². The molecular weight excluding hydrogens is 364 g/mol. The fourth-order valence-electron chi connectivity index (χ4n) is 3.92. The van der Waals surface area contributed by atoms with Crippen molar-refractivity contribution in [2.24, 2.45) is 0 Å². The van der Waals surface area contributed by atoms with Crippen molar-refractivity contribution >= 4 is 5.97 Å². The summed E-state index contributed by atoms with van der Waals surface area (Å²) in [6, 6.07) is 18.4. The number of allylic oxidation sites excluding steroid dienone is 1. The van der Waals surface area contributed by atoms with Crippen LogP contribution in [0.4, 0.5) is 0 Å². The van der Waals surface area contributed by atoms with Gasteiger partial charge in [-0.1, -0.05) is 48.5 Å². The molecule has 0 amide bonds. The quantitative estimate of drug-likeness (QED) is 0.261. The summed E-state index contributed by atoms with van der Waals surface area (Å²) >= 11 is 0. The number of benzene rings is 3. The summed E-state index contributed by atoms with van der Waals surface area (Å²) in [5.41, 5.74) is 7.07. The van der Waals surface area contributed by atoms with Crippen molar-refractivity contribution in [3.63, 3.8) is 0 Å². The Hall–Kier alpha value is -3.53. The highest BCUT2D eigenvalue weighted by atomic mass is 16.6. The first-order valence-corrected chi connectivity index (χ1v) is 9.48. The molecule has 0 saturated carbocycles. The van der Waals surface area contributed by atoms with Gasteiger partial charge in [0, 0.05) is 11.6 Å². The van der Waals surface area contributed by atoms with Crippen molar-refractivity contribution in [3.05, 3.63) is 77.9 Å². The summed E-state index contributed by atoms with van der Waals surface area (Å²) in [7, 11) is 3.14. The molecule has 1 aliphatic carbocycles. The third-order valence-electron chi connectivity index (χ3n) is 5.14. The molecule has 0 unspecified atom stereocenters. The molecule has 4 heteroatoms. The molecule has 0 saturated heterocycles. The Morgan fingerprint density at radius 3 is 2.24 bits per heavy atom. The van der Waals surface area contributed by atoms with E-state index in [4.69, 9.17) is 14.2 Å². The zero-order valence-electron chi connectivity index (χ0n) is 16.7. The number of hydrogen-bond donors (Lipinski definition) is 0. The molecule has 1 aliphatic rings. The summed E-state index contributed by atoms with van der Waals surface area (Å²) in [6.07, 6.45) is 3.86. The zero-order chi connectivity index (χ0) is 20.4. The van der Waals surface area contributed by atoms with Crippen LogP contribution >= 0.6 is 0 Å². The van der Waals surface area contributed by atoms with Crippen LogP contribution in [-0.4, -0.2) is 20.2 Å². The van der Waals surface area contributed by atoms with E-state index in [2.05, 4.69) is 42.5 Å². The van der Waals surface area contributed by atoms with Crippen molar-refractivity contribution in [2.45, 2.75) is 13.3 Å². The molecule has 0 atom stereocenters. The van der Waals surface area contributed by atoms with Gasteiger partial charge in [0.2, 0.25) is 5.75 Å². The van der Waals surface area contributed by atoms with Gasteiger partial charge in [-0.15, -0.1) is 0 Å². The van der Waals surface area contributed by atoms with E-state index in [1.54, 1.807) is 33.3 Å². The lowest BCUT2D eigenvalue weighted by Crippen LogP contribution is -2.06. The second-order valence-corrected chi connectivity index (χ2v) is 6.76. The fourth-order valence-corrected chi connectivity index (χ4v) is 3.92. The maximum atomic E-state index is 11.9. The van der Waals surface area contributed by atoms with E-state index in [0.717, 1.165) is 17.5 Å². The van der Waals surface area contributed by atoms with Crippen molar-refractivity contribution in [2.75, 3.05) is 14.2 Å². The van der Waals surface area contributed by atoms with Gasteiger partial charge < -0.3 is 14.2 Å². The van der Waals surface area contributed by atoms with E-state index in [1.165, 1.54) is 28.3 Å². The third-order valence-corrected chi connectivity index (χ3v) is 5.14. The number of hydrogen-bond acceptors (Lipinski definition) is 4. The van der Waals surface area contributed by atoms with Crippen molar-refractivity contribution < 1.29 is 19.0 Å². The van der Waals surface area contributed by atoms with Gasteiger partial charge in [0.15, 0.2) is 11.5 Å². The summed E-state index contributed by atoms with van der Waals surface area (Å²) in [5, 5.41) is 0. The summed E-state index contributed by atoms with van der Waals surface area (Å²) in [6.45, 7) is 1.76. The Kier molecular flexibility index (Phi) is 5.09. The number of rotatable bonds is 5. The van der Waals surface area contributed by atoms with Gasteiger partial charge in [0.05, 0.1) is 14.2 Å². The van der Waals surface area contributed by atoms with E-state index >= 15 is 0 Å². The van der Waals surface area contributed by atoms with Crippen LogP contribution in [0.1, 0.15) is 18.1 Å². The van der Waals surface area contributed by atoms with Gasteiger partial charge >= 0.3 is 5.97 Å². The zero-order valence-corrected chi connectivity index (χ0v) is 16.7. The Balaban J connectivity index is 1.84. The van der Waals surface area contributed by atoms with Crippen molar-refractivity contribution in [3.8, 4) is 39.5 Å². The molecule has 146 valence electrons. The van der Waals surface area contributed by atoms with Gasteiger partial charge in [0.25, 0.3) is 0 Å². The summed E-state index contributed by atoms with van der Waals surface area (Å²) < 4.78 is 16.7. The molecule has 0 radical (unpaired) electrons. The van der Waals surface area contributed by atoms with Crippen molar-refractivity contribution in [1.82, 2.24) is 0 Å². The van der Waals surface area contributed by atoms with Crippen LogP contribution in [0.3, 0.4) is 0 Å². The van der Waals surface area contributed by atoms with Crippen LogP contribution < -0.4 is 14.2 Å². The molecule has 3 aromatic rings. The monoisotopic (exact) mass is 386 g/mol. The average molecular weight is 386 g/mol. The second kappa shape index (κ2) is 7.84. The fraction of sp³-hybridized carbons (Fsp3) is 0.160. The number of carbonyl (C=O) groups is 1. The lowest BCUT2D eigenvalue weighted by atomic mass is 9.94. The van der Waals surface area contributed by atoms with Gasteiger partial charge in [-0.05, 0) is 53.3 Å². The highest BCUT2D eigenvalue weighted by Crippen LogP contribution is 2.48. The molecule has 0 fully saturated rings. The summed E-state index contributed by atoms with van der Waals surface area (Å²) in [5.74, 6) is 0.808. The minimum Gasteiger partial charge on any atom is -0.492 e. The van der Waals surface area contributed by atoms with E-state index in [-0.39, 0.29) is 0 Å². The molecule has 0 bridgehead atoms. The minimum absolute atomic E-state index is 0.326. The predicted molar refractivity (Wildman–Crippen MR) is 114 cm³/mol. The first-order valence-electron chi connectivity index (χ1n) is 9.48. The van der Waals surface area contributed by atoms with Crippen molar-refractivity contribution in [1.29, 1.82) is 0 Å². The highest BCUT2D eigenvalue weighted by molar-refractivity contribution is 5.89. The molecule has 0 aliphatic heterocycles. The predicted octanol–water partition coefficient (Wildman–Crippen LogP) is 5.42. The maximum Gasteiger partial charge on any atom is 0.335 e. The lowest BCUT2D eigenvalue weighted by Gasteiger charge is -2.18. The Morgan fingerprint density at radius 2 is 1.52 bits per heavy atom. The van der Waals surface area contributed by atoms with Gasteiger partial charge in [0.1, 0.15) is 0 Å². The van der Waals surface area contributed by atoms with Crippen LogP contribution in [0.15, 0.2) is 66.7 Å². The topological polar surface area (TPSA) is 44.8 Å². The Morgan fingerprint density at radius 1 is 0.828 bits per heavy atom. The van der Waals surface area contributed by atoms with Crippen LogP contribution in [0.2, 0.25) is 0 Å². The van der Waals surface area contributed by atoms with Crippen LogP contribution in [0.25, 0.3) is 22.3 Å². The normalized spacial score (nSPS) is 11.8.